The molecule has 1 unspecified atom stereocenters. The fourth-order valence-electron chi connectivity index (χ4n) is 1.86. The van der Waals surface area contributed by atoms with Gasteiger partial charge in [0.25, 0.3) is 5.91 Å². The highest BCUT2D eigenvalue weighted by atomic mass is 32.1. The van der Waals surface area contributed by atoms with Crippen molar-refractivity contribution in [2.24, 2.45) is 0 Å². The van der Waals surface area contributed by atoms with E-state index >= 15 is 0 Å². The Morgan fingerprint density at radius 1 is 1.38 bits per heavy atom. The number of amides is 2. The zero-order valence-corrected chi connectivity index (χ0v) is 13.1. The lowest BCUT2D eigenvalue weighted by Gasteiger charge is -2.12. The van der Waals surface area contributed by atoms with E-state index in [-0.39, 0.29) is 11.8 Å². The zero-order valence-electron chi connectivity index (χ0n) is 11.5. The van der Waals surface area contributed by atoms with E-state index in [0.717, 1.165) is 5.69 Å². The summed E-state index contributed by atoms with van der Waals surface area (Å²) in [5, 5.41) is 9.85. The van der Waals surface area contributed by atoms with Crippen LogP contribution in [0.15, 0.2) is 22.9 Å². The third-order valence-electron chi connectivity index (χ3n) is 3.23. The van der Waals surface area contributed by atoms with Gasteiger partial charge in [0.05, 0.1) is 10.6 Å². The molecule has 2 aromatic rings. The molecular weight excluding hydrogens is 306 g/mol. The Labute approximate surface area is 130 Å². The van der Waals surface area contributed by atoms with Crippen LogP contribution in [0.25, 0.3) is 0 Å². The van der Waals surface area contributed by atoms with Gasteiger partial charge < -0.3 is 10.6 Å². The van der Waals surface area contributed by atoms with Gasteiger partial charge in [-0.25, -0.2) is 4.98 Å². The van der Waals surface area contributed by atoms with Crippen LogP contribution in [-0.4, -0.2) is 22.8 Å². The molecule has 7 heteroatoms. The van der Waals surface area contributed by atoms with Crippen LogP contribution in [0.3, 0.4) is 0 Å². The number of carbonyl (C=O) groups excluding carboxylic acids is 2. The summed E-state index contributed by atoms with van der Waals surface area (Å²) in [5.74, 6) is 0.0879. The number of carbonyl (C=O) groups is 2. The molecule has 2 heterocycles. The van der Waals surface area contributed by atoms with Crippen molar-refractivity contribution in [3.8, 4) is 0 Å². The second-order valence-electron chi connectivity index (χ2n) is 5.01. The Balaban J connectivity index is 1.55. The SMILES string of the molecule is CC(NC(=O)c1cccs1)C(=O)Nc1nc(C2CC2)cs1. The minimum Gasteiger partial charge on any atom is -0.340 e. The summed E-state index contributed by atoms with van der Waals surface area (Å²) in [4.78, 5) is 28.9. The number of nitrogens with zero attached hydrogens (tertiary/aromatic N) is 1. The molecule has 2 N–H and O–H groups in total. The molecule has 5 nitrogen and oxygen atoms in total. The standard InChI is InChI=1S/C14H15N3O2S2/c1-8(15-13(19)11-3-2-6-20-11)12(18)17-14-16-10(7-21-14)9-4-5-9/h2-3,6-9H,4-5H2,1H3,(H,15,19)(H,16,17,18). The molecule has 0 aliphatic heterocycles. The topological polar surface area (TPSA) is 71.1 Å². The van der Waals surface area contributed by atoms with Gasteiger partial charge in [0, 0.05) is 11.3 Å². The average Bonchev–Trinajstić information content (AvgIpc) is 2.99. The third-order valence-corrected chi connectivity index (χ3v) is 4.88. The maximum atomic E-state index is 12.1. The molecule has 0 aromatic carbocycles. The van der Waals surface area contributed by atoms with Crippen LogP contribution in [0.4, 0.5) is 5.13 Å². The second kappa shape index (κ2) is 5.95. The summed E-state index contributed by atoms with van der Waals surface area (Å²) in [7, 11) is 0. The van der Waals surface area contributed by atoms with Crippen molar-refractivity contribution in [2.75, 3.05) is 5.32 Å². The van der Waals surface area contributed by atoms with Crippen molar-refractivity contribution in [3.05, 3.63) is 33.5 Å². The van der Waals surface area contributed by atoms with Crippen molar-refractivity contribution >= 4 is 39.6 Å². The number of aromatic nitrogens is 1. The highest BCUT2D eigenvalue weighted by Crippen LogP contribution is 2.40. The number of hydrogen-bond donors (Lipinski definition) is 2. The minimum atomic E-state index is -0.604. The van der Waals surface area contributed by atoms with Gasteiger partial charge in [-0.15, -0.1) is 22.7 Å². The monoisotopic (exact) mass is 321 g/mol. The first-order valence-electron chi connectivity index (χ1n) is 6.74. The van der Waals surface area contributed by atoms with E-state index in [1.807, 2.05) is 10.8 Å². The minimum absolute atomic E-state index is 0.231. The van der Waals surface area contributed by atoms with Gasteiger partial charge in [0.1, 0.15) is 6.04 Å². The average molecular weight is 321 g/mol. The van der Waals surface area contributed by atoms with Crippen molar-refractivity contribution in [2.45, 2.75) is 31.7 Å². The van der Waals surface area contributed by atoms with E-state index in [0.29, 0.717) is 15.9 Å². The van der Waals surface area contributed by atoms with Gasteiger partial charge in [-0.1, -0.05) is 6.07 Å². The largest absolute Gasteiger partial charge is 0.340 e. The molecule has 3 rings (SSSR count). The molecule has 1 aliphatic carbocycles. The third kappa shape index (κ3) is 3.48. The highest BCUT2D eigenvalue weighted by Gasteiger charge is 2.26. The highest BCUT2D eigenvalue weighted by molar-refractivity contribution is 7.14. The molecular formula is C14H15N3O2S2. The van der Waals surface area contributed by atoms with Crippen molar-refractivity contribution < 1.29 is 9.59 Å². The fraction of sp³-hybridized carbons (Fsp3) is 0.357. The second-order valence-corrected chi connectivity index (χ2v) is 6.82. The van der Waals surface area contributed by atoms with Gasteiger partial charge >= 0.3 is 0 Å². The van der Waals surface area contributed by atoms with Crippen molar-refractivity contribution in [1.82, 2.24) is 10.3 Å². The van der Waals surface area contributed by atoms with Gasteiger partial charge in [0.2, 0.25) is 5.91 Å². The maximum Gasteiger partial charge on any atom is 0.261 e. The van der Waals surface area contributed by atoms with E-state index in [1.165, 1.54) is 35.5 Å². The number of hydrogen-bond acceptors (Lipinski definition) is 5. The van der Waals surface area contributed by atoms with Gasteiger partial charge in [0.15, 0.2) is 5.13 Å². The Morgan fingerprint density at radius 2 is 2.19 bits per heavy atom. The lowest BCUT2D eigenvalue weighted by Crippen LogP contribution is -2.41. The summed E-state index contributed by atoms with van der Waals surface area (Å²) in [6.07, 6.45) is 2.37. The molecule has 1 saturated carbocycles. The summed E-state index contributed by atoms with van der Waals surface area (Å²) in [5.41, 5.74) is 1.06. The number of rotatable bonds is 5. The molecule has 1 atom stereocenters. The number of nitrogens with one attached hydrogen (secondary N) is 2. The normalized spacial score (nSPS) is 15.5. The Kier molecular flexibility index (Phi) is 4.03. The van der Waals surface area contributed by atoms with Crippen LogP contribution < -0.4 is 10.6 Å². The molecule has 0 radical (unpaired) electrons. The predicted molar refractivity (Wildman–Crippen MR) is 84.0 cm³/mol. The van der Waals surface area contributed by atoms with E-state index in [4.69, 9.17) is 0 Å². The van der Waals surface area contributed by atoms with Crippen LogP contribution >= 0.6 is 22.7 Å². The molecule has 0 spiro atoms. The first kappa shape index (κ1) is 14.2. The Bertz CT molecular complexity index is 647. The summed E-state index contributed by atoms with van der Waals surface area (Å²) in [6, 6.07) is 2.93. The van der Waals surface area contributed by atoms with Crippen LogP contribution in [-0.2, 0) is 4.79 Å². The van der Waals surface area contributed by atoms with E-state index in [1.54, 1.807) is 19.1 Å². The van der Waals surface area contributed by atoms with Crippen LogP contribution in [0.5, 0.6) is 0 Å². The number of anilines is 1. The van der Waals surface area contributed by atoms with Crippen LogP contribution in [0, 0.1) is 0 Å². The zero-order chi connectivity index (χ0) is 14.8. The molecule has 0 bridgehead atoms. The molecule has 1 aliphatic rings. The van der Waals surface area contributed by atoms with Crippen molar-refractivity contribution in [1.29, 1.82) is 0 Å². The first-order chi connectivity index (χ1) is 10.1. The fourth-order valence-corrected chi connectivity index (χ4v) is 3.29. The van der Waals surface area contributed by atoms with Crippen LogP contribution in [0.1, 0.15) is 41.0 Å². The summed E-state index contributed by atoms with van der Waals surface area (Å²) >= 11 is 2.77. The maximum absolute atomic E-state index is 12.1. The Hall–Kier alpha value is -1.73. The smallest absolute Gasteiger partial charge is 0.261 e. The van der Waals surface area contributed by atoms with E-state index < -0.39 is 6.04 Å². The molecule has 0 saturated heterocycles. The molecule has 2 amide bonds. The molecule has 2 aromatic heterocycles. The van der Waals surface area contributed by atoms with Crippen molar-refractivity contribution in [3.63, 3.8) is 0 Å². The molecule has 110 valence electrons. The number of thiophene rings is 1. The Morgan fingerprint density at radius 3 is 2.86 bits per heavy atom. The van der Waals surface area contributed by atoms with Gasteiger partial charge in [-0.05, 0) is 31.2 Å². The molecule has 21 heavy (non-hydrogen) atoms. The first-order valence-corrected chi connectivity index (χ1v) is 8.50. The molecule has 1 fully saturated rings. The quantitative estimate of drug-likeness (QED) is 0.889. The van der Waals surface area contributed by atoms with E-state index in [9.17, 15) is 9.59 Å². The van der Waals surface area contributed by atoms with Gasteiger partial charge in [-0.2, -0.15) is 0 Å². The van der Waals surface area contributed by atoms with E-state index in [2.05, 4.69) is 15.6 Å². The summed E-state index contributed by atoms with van der Waals surface area (Å²) in [6.45, 7) is 1.66. The lowest BCUT2D eigenvalue weighted by atomic mass is 10.3. The lowest BCUT2D eigenvalue weighted by molar-refractivity contribution is -0.117. The van der Waals surface area contributed by atoms with Gasteiger partial charge in [-0.3, -0.25) is 9.59 Å². The number of thiazole rings is 1. The van der Waals surface area contributed by atoms with Crippen LogP contribution in [0.2, 0.25) is 0 Å². The summed E-state index contributed by atoms with van der Waals surface area (Å²) < 4.78 is 0. The predicted octanol–water partition coefficient (Wildman–Crippen LogP) is 2.84.